The van der Waals surface area contributed by atoms with E-state index in [4.69, 9.17) is 11.6 Å². The maximum Gasteiger partial charge on any atom is 0.269 e. The van der Waals surface area contributed by atoms with Crippen molar-refractivity contribution in [2.24, 2.45) is 0 Å². The van der Waals surface area contributed by atoms with Crippen molar-refractivity contribution in [3.05, 3.63) is 39.9 Å². The first-order valence-corrected chi connectivity index (χ1v) is 7.15. The number of aliphatic hydroxyl groups is 1. The molecule has 18 heavy (non-hydrogen) atoms. The molecule has 6 nitrogen and oxygen atoms in total. The molecule has 1 rings (SSSR count). The Hall–Kier alpha value is -1.18. The monoisotopic (exact) mass is 293 g/mol. The third kappa shape index (κ3) is 2.80. The van der Waals surface area contributed by atoms with E-state index in [1.807, 2.05) is 0 Å². The van der Waals surface area contributed by atoms with E-state index in [0.29, 0.717) is 0 Å². The first-order valence-electron chi connectivity index (χ1n) is 4.88. The quantitative estimate of drug-likeness (QED) is 0.517. The Morgan fingerprint density at radius 3 is 2.17 bits per heavy atom. The van der Waals surface area contributed by atoms with Gasteiger partial charge in [0.1, 0.15) is 6.10 Å². The number of benzene rings is 1. The highest BCUT2D eigenvalue weighted by Crippen LogP contribution is 2.36. The van der Waals surface area contributed by atoms with Gasteiger partial charge in [0, 0.05) is 18.4 Å². The molecule has 0 aliphatic carbocycles. The zero-order valence-electron chi connectivity index (χ0n) is 9.70. The molecule has 0 radical (unpaired) electrons. The van der Waals surface area contributed by atoms with Crippen LogP contribution in [-0.4, -0.2) is 28.9 Å². The van der Waals surface area contributed by atoms with Crippen LogP contribution in [0.3, 0.4) is 0 Å². The smallest absolute Gasteiger partial charge is 0.269 e. The average molecular weight is 294 g/mol. The van der Waals surface area contributed by atoms with Crippen LogP contribution >= 0.6 is 11.6 Å². The summed E-state index contributed by atoms with van der Waals surface area (Å²) in [5.74, 6) is 0. The van der Waals surface area contributed by atoms with Crippen molar-refractivity contribution in [3.8, 4) is 0 Å². The van der Waals surface area contributed by atoms with Crippen molar-refractivity contribution < 1.29 is 18.4 Å². The van der Waals surface area contributed by atoms with Crippen molar-refractivity contribution in [2.45, 2.75) is 17.2 Å². The van der Waals surface area contributed by atoms with Crippen LogP contribution in [0.4, 0.5) is 5.69 Å². The second-order valence-electron chi connectivity index (χ2n) is 4.01. The lowest BCUT2D eigenvalue weighted by Crippen LogP contribution is -2.35. The van der Waals surface area contributed by atoms with Crippen LogP contribution in [0.25, 0.3) is 0 Å². The molecule has 0 heterocycles. The van der Waals surface area contributed by atoms with Gasteiger partial charge in [0.15, 0.2) is 14.0 Å². The number of halogens is 1. The second-order valence-corrected chi connectivity index (χ2v) is 7.41. The molecule has 1 aromatic rings. The van der Waals surface area contributed by atoms with E-state index in [-0.39, 0.29) is 11.3 Å². The summed E-state index contributed by atoms with van der Waals surface area (Å²) in [6, 6.07) is 4.89. The topological polar surface area (TPSA) is 97.5 Å². The first kappa shape index (κ1) is 14.9. The summed E-state index contributed by atoms with van der Waals surface area (Å²) < 4.78 is 21.0. The maximum atomic E-state index is 11.4. The minimum atomic E-state index is -3.69. The van der Waals surface area contributed by atoms with Gasteiger partial charge in [-0.3, -0.25) is 10.1 Å². The van der Waals surface area contributed by atoms with E-state index in [2.05, 4.69) is 0 Å². The molecule has 0 bridgehead atoms. The second kappa shape index (κ2) is 4.83. The third-order valence-electron chi connectivity index (χ3n) is 2.63. The van der Waals surface area contributed by atoms with Crippen molar-refractivity contribution in [1.29, 1.82) is 0 Å². The lowest BCUT2D eigenvalue weighted by molar-refractivity contribution is -0.384. The van der Waals surface area contributed by atoms with Gasteiger partial charge in [0.05, 0.1) is 4.92 Å². The Labute approximate surface area is 109 Å². The third-order valence-corrected chi connectivity index (χ3v) is 5.35. The summed E-state index contributed by atoms with van der Waals surface area (Å²) in [5.41, 5.74) is 0.0464. The number of hydrogen-bond acceptors (Lipinski definition) is 5. The number of hydrogen-bond donors (Lipinski definition) is 1. The van der Waals surface area contributed by atoms with Gasteiger partial charge in [-0.2, -0.15) is 0 Å². The summed E-state index contributed by atoms with van der Waals surface area (Å²) in [5, 5.41) is 20.4. The molecule has 1 aromatic carbocycles. The van der Waals surface area contributed by atoms with Crippen LogP contribution in [0.1, 0.15) is 18.6 Å². The average Bonchev–Trinajstić information content (AvgIpc) is 2.26. The largest absolute Gasteiger partial charge is 0.385 e. The molecule has 100 valence electrons. The summed E-state index contributed by atoms with van der Waals surface area (Å²) in [7, 11) is -3.69. The summed E-state index contributed by atoms with van der Waals surface area (Å²) >= 11 is 5.83. The summed E-state index contributed by atoms with van der Waals surface area (Å²) in [4.78, 5) is 9.87. The number of nitrogens with zero attached hydrogens (tertiary/aromatic N) is 1. The Morgan fingerprint density at radius 2 is 1.83 bits per heavy atom. The van der Waals surface area contributed by atoms with E-state index in [1.54, 1.807) is 0 Å². The molecule has 0 fully saturated rings. The minimum Gasteiger partial charge on any atom is -0.385 e. The standard InChI is InChI=1S/C10H12ClNO5S/c1-10(11,18(2,16)17)9(13)7-3-5-8(6-4-7)12(14)15/h3-6,9,13H,1-2H3/t9-,10-/m0/s1. The molecule has 0 aromatic heterocycles. The molecule has 0 saturated carbocycles. The lowest BCUT2D eigenvalue weighted by atomic mass is 10.1. The lowest BCUT2D eigenvalue weighted by Gasteiger charge is -2.26. The van der Waals surface area contributed by atoms with E-state index in [9.17, 15) is 23.6 Å². The number of non-ortho nitro benzene ring substituents is 1. The number of sulfone groups is 1. The Kier molecular flexibility index (Phi) is 3.99. The highest BCUT2D eigenvalue weighted by atomic mass is 35.5. The molecular formula is C10H12ClNO5S. The Balaban J connectivity index is 3.12. The minimum absolute atomic E-state index is 0.151. The molecule has 0 aliphatic heterocycles. The van der Waals surface area contributed by atoms with Gasteiger partial charge >= 0.3 is 0 Å². The molecule has 0 saturated heterocycles. The normalized spacial score (nSPS) is 16.9. The zero-order chi connectivity index (χ0) is 14.1. The first-order chi connectivity index (χ1) is 8.07. The number of nitro groups is 1. The van der Waals surface area contributed by atoms with Gasteiger partial charge in [-0.05, 0) is 24.6 Å². The fourth-order valence-electron chi connectivity index (χ4n) is 1.28. The van der Waals surface area contributed by atoms with E-state index in [0.717, 1.165) is 6.26 Å². The van der Waals surface area contributed by atoms with Gasteiger partial charge in [-0.1, -0.05) is 11.6 Å². The van der Waals surface area contributed by atoms with Crippen LogP contribution in [0.15, 0.2) is 24.3 Å². The molecule has 1 N–H and O–H groups in total. The molecule has 8 heteroatoms. The van der Waals surface area contributed by atoms with Gasteiger partial charge < -0.3 is 5.11 Å². The van der Waals surface area contributed by atoms with Gasteiger partial charge in [0.25, 0.3) is 5.69 Å². The number of rotatable bonds is 4. The van der Waals surface area contributed by atoms with Crippen LogP contribution in [0, 0.1) is 10.1 Å². The van der Waals surface area contributed by atoms with Crippen LogP contribution in [0.2, 0.25) is 0 Å². The molecule has 0 amide bonds. The van der Waals surface area contributed by atoms with Crippen molar-refractivity contribution >= 4 is 27.1 Å². The zero-order valence-corrected chi connectivity index (χ0v) is 11.3. The highest BCUT2D eigenvalue weighted by Gasteiger charge is 2.41. The van der Waals surface area contributed by atoms with Crippen molar-refractivity contribution in [3.63, 3.8) is 0 Å². The molecule has 0 aliphatic rings. The SMILES string of the molecule is C[C@@](Cl)([C@@H](O)c1ccc([N+](=O)[O-])cc1)S(C)(=O)=O. The number of alkyl halides is 1. The summed E-state index contributed by atoms with van der Waals surface area (Å²) in [6.07, 6.45) is -0.566. The van der Waals surface area contributed by atoms with Crippen molar-refractivity contribution in [2.75, 3.05) is 6.26 Å². The Morgan fingerprint density at radius 1 is 1.39 bits per heavy atom. The van der Waals surface area contributed by atoms with Gasteiger partial charge in [-0.25, -0.2) is 8.42 Å². The molecule has 2 atom stereocenters. The molecule has 0 spiro atoms. The van der Waals surface area contributed by atoms with E-state index >= 15 is 0 Å². The Bertz CT molecular complexity index is 552. The summed E-state index contributed by atoms with van der Waals surface area (Å²) in [6.45, 7) is 1.18. The van der Waals surface area contributed by atoms with Gasteiger partial charge in [-0.15, -0.1) is 0 Å². The predicted molar refractivity (Wildman–Crippen MR) is 67.2 cm³/mol. The van der Waals surface area contributed by atoms with Crippen LogP contribution < -0.4 is 0 Å². The maximum absolute atomic E-state index is 11.4. The van der Waals surface area contributed by atoms with E-state index < -0.39 is 25.1 Å². The molecule has 0 unspecified atom stereocenters. The van der Waals surface area contributed by atoms with E-state index in [1.165, 1.54) is 31.2 Å². The fraction of sp³-hybridized carbons (Fsp3) is 0.400. The fourth-order valence-corrected chi connectivity index (χ4v) is 1.95. The number of nitro benzene ring substituents is 1. The van der Waals surface area contributed by atoms with Crippen molar-refractivity contribution in [1.82, 2.24) is 0 Å². The number of aliphatic hydroxyl groups excluding tert-OH is 1. The predicted octanol–water partition coefficient (Wildman–Crippen LogP) is 1.63. The highest BCUT2D eigenvalue weighted by molar-refractivity contribution is 7.93. The van der Waals surface area contributed by atoms with Gasteiger partial charge in [0.2, 0.25) is 0 Å². The molecular weight excluding hydrogens is 282 g/mol. The van der Waals surface area contributed by atoms with Crippen LogP contribution in [-0.2, 0) is 9.84 Å². The van der Waals surface area contributed by atoms with Crippen LogP contribution in [0.5, 0.6) is 0 Å².